The van der Waals surface area contributed by atoms with E-state index in [4.69, 9.17) is 4.74 Å². The fraction of sp³-hybridized carbons (Fsp3) is 0.667. The predicted molar refractivity (Wildman–Crippen MR) is 53.3 cm³/mol. The zero-order valence-electron chi connectivity index (χ0n) is 8.88. The van der Waals surface area contributed by atoms with Crippen molar-refractivity contribution in [1.29, 1.82) is 0 Å². The van der Waals surface area contributed by atoms with Gasteiger partial charge in [-0.25, -0.2) is 4.68 Å². The zero-order valence-corrected chi connectivity index (χ0v) is 8.88. The van der Waals surface area contributed by atoms with Crippen LogP contribution in [0.15, 0.2) is 0 Å². The van der Waals surface area contributed by atoms with Crippen LogP contribution in [0.4, 0.5) is 5.69 Å². The second-order valence-electron chi connectivity index (χ2n) is 3.39. The first-order valence-electron chi connectivity index (χ1n) is 4.40. The SMILES string of the molecule is COc1c(NC(C)C)c(C)nn1C. The Kier molecular flexibility index (Phi) is 2.80. The monoisotopic (exact) mass is 183 g/mol. The second kappa shape index (κ2) is 3.68. The molecule has 1 aromatic heterocycles. The molecule has 1 aromatic rings. The number of methoxy groups -OCH3 is 1. The predicted octanol–water partition coefficient (Wildman–Crippen LogP) is 1.56. The fourth-order valence-corrected chi connectivity index (χ4v) is 1.33. The molecular formula is C9H17N3O. The maximum Gasteiger partial charge on any atom is 0.235 e. The van der Waals surface area contributed by atoms with Gasteiger partial charge in [0.1, 0.15) is 5.69 Å². The van der Waals surface area contributed by atoms with Gasteiger partial charge in [-0.3, -0.25) is 0 Å². The highest BCUT2D eigenvalue weighted by molar-refractivity contribution is 5.57. The van der Waals surface area contributed by atoms with Crippen LogP contribution in [0.2, 0.25) is 0 Å². The fourth-order valence-electron chi connectivity index (χ4n) is 1.33. The number of rotatable bonds is 3. The van der Waals surface area contributed by atoms with Gasteiger partial charge in [0.25, 0.3) is 0 Å². The van der Waals surface area contributed by atoms with E-state index in [1.54, 1.807) is 11.8 Å². The molecule has 0 atom stereocenters. The lowest BCUT2D eigenvalue weighted by atomic mass is 10.3. The molecule has 0 saturated carbocycles. The summed E-state index contributed by atoms with van der Waals surface area (Å²) >= 11 is 0. The Hall–Kier alpha value is -1.19. The molecule has 4 heteroatoms. The van der Waals surface area contributed by atoms with Crippen molar-refractivity contribution in [3.05, 3.63) is 5.69 Å². The number of nitrogens with zero attached hydrogens (tertiary/aromatic N) is 2. The van der Waals surface area contributed by atoms with E-state index in [1.165, 1.54) is 0 Å². The van der Waals surface area contributed by atoms with Crippen LogP contribution in [0, 0.1) is 6.92 Å². The molecule has 1 heterocycles. The number of hydrogen-bond donors (Lipinski definition) is 1. The molecule has 0 fully saturated rings. The molecule has 1 N–H and O–H groups in total. The first-order valence-corrected chi connectivity index (χ1v) is 4.40. The average molecular weight is 183 g/mol. The molecule has 0 aliphatic heterocycles. The summed E-state index contributed by atoms with van der Waals surface area (Å²) in [5.41, 5.74) is 1.95. The number of aromatic nitrogens is 2. The molecule has 0 saturated heterocycles. The summed E-state index contributed by atoms with van der Waals surface area (Å²) in [5.74, 6) is 0.784. The summed E-state index contributed by atoms with van der Waals surface area (Å²) in [6, 6.07) is 0.386. The second-order valence-corrected chi connectivity index (χ2v) is 3.39. The average Bonchev–Trinajstić information content (AvgIpc) is 2.26. The van der Waals surface area contributed by atoms with Gasteiger partial charge in [-0.15, -0.1) is 0 Å². The summed E-state index contributed by atoms with van der Waals surface area (Å²) in [5, 5.41) is 7.57. The molecule has 0 amide bonds. The van der Waals surface area contributed by atoms with E-state index in [1.807, 2.05) is 14.0 Å². The van der Waals surface area contributed by atoms with Crippen LogP contribution >= 0.6 is 0 Å². The molecule has 0 spiro atoms. The Balaban J connectivity index is 3.02. The van der Waals surface area contributed by atoms with Gasteiger partial charge in [0, 0.05) is 13.1 Å². The molecular weight excluding hydrogens is 166 g/mol. The normalized spacial score (nSPS) is 10.6. The van der Waals surface area contributed by atoms with Crippen molar-refractivity contribution >= 4 is 5.69 Å². The Morgan fingerprint density at radius 1 is 1.46 bits per heavy atom. The van der Waals surface area contributed by atoms with Gasteiger partial charge in [0.15, 0.2) is 0 Å². The summed E-state index contributed by atoms with van der Waals surface area (Å²) in [6.45, 7) is 6.14. The van der Waals surface area contributed by atoms with Crippen LogP contribution in [-0.4, -0.2) is 22.9 Å². The minimum atomic E-state index is 0.386. The van der Waals surface area contributed by atoms with Crippen molar-refractivity contribution in [3.63, 3.8) is 0 Å². The zero-order chi connectivity index (χ0) is 10.0. The first-order chi connectivity index (χ1) is 6.06. The third-order valence-corrected chi connectivity index (χ3v) is 1.80. The lowest BCUT2D eigenvalue weighted by molar-refractivity contribution is 0.374. The Morgan fingerprint density at radius 3 is 2.54 bits per heavy atom. The lowest BCUT2D eigenvalue weighted by Crippen LogP contribution is -2.11. The van der Waals surface area contributed by atoms with Crippen molar-refractivity contribution in [2.24, 2.45) is 7.05 Å². The highest BCUT2D eigenvalue weighted by atomic mass is 16.5. The van der Waals surface area contributed by atoms with Gasteiger partial charge in [-0.2, -0.15) is 5.10 Å². The van der Waals surface area contributed by atoms with Crippen LogP contribution in [0.3, 0.4) is 0 Å². The molecule has 0 aliphatic rings. The number of nitrogens with one attached hydrogen (secondary N) is 1. The van der Waals surface area contributed by atoms with Crippen molar-refractivity contribution in [3.8, 4) is 5.88 Å². The van der Waals surface area contributed by atoms with Crippen LogP contribution in [0.25, 0.3) is 0 Å². The van der Waals surface area contributed by atoms with E-state index in [0.717, 1.165) is 17.3 Å². The topological polar surface area (TPSA) is 39.1 Å². The Morgan fingerprint density at radius 2 is 2.08 bits per heavy atom. The maximum absolute atomic E-state index is 5.24. The van der Waals surface area contributed by atoms with Crippen molar-refractivity contribution in [2.45, 2.75) is 26.8 Å². The highest BCUT2D eigenvalue weighted by Crippen LogP contribution is 2.27. The van der Waals surface area contributed by atoms with Gasteiger partial charge in [-0.05, 0) is 20.8 Å². The molecule has 0 unspecified atom stereocenters. The van der Waals surface area contributed by atoms with Crippen molar-refractivity contribution in [1.82, 2.24) is 9.78 Å². The van der Waals surface area contributed by atoms with Crippen molar-refractivity contribution in [2.75, 3.05) is 12.4 Å². The van der Waals surface area contributed by atoms with E-state index in [9.17, 15) is 0 Å². The molecule has 4 nitrogen and oxygen atoms in total. The molecule has 0 radical (unpaired) electrons. The largest absolute Gasteiger partial charge is 0.480 e. The van der Waals surface area contributed by atoms with E-state index >= 15 is 0 Å². The number of aryl methyl sites for hydroxylation is 2. The van der Waals surface area contributed by atoms with Crippen LogP contribution in [0.5, 0.6) is 5.88 Å². The van der Waals surface area contributed by atoms with Gasteiger partial charge < -0.3 is 10.1 Å². The minimum absolute atomic E-state index is 0.386. The van der Waals surface area contributed by atoms with E-state index in [-0.39, 0.29) is 0 Å². The van der Waals surface area contributed by atoms with Crippen LogP contribution in [-0.2, 0) is 7.05 Å². The molecule has 0 aromatic carbocycles. The van der Waals surface area contributed by atoms with Gasteiger partial charge in [0.05, 0.1) is 12.8 Å². The number of ether oxygens (including phenoxy) is 1. The van der Waals surface area contributed by atoms with E-state index in [0.29, 0.717) is 6.04 Å². The molecule has 13 heavy (non-hydrogen) atoms. The lowest BCUT2D eigenvalue weighted by Gasteiger charge is -2.10. The Labute approximate surface area is 78.9 Å². The third-order valence-electron chi connectivity index (χ3n) is 1.80. The summed E-state index contributed by atoms with van der Waals surface area (Å²) in [4.78, 5) is 0. The summed E-state index contributed by atoms with van der Waals surface area (Å²) in [6.07, 6.45) is 0. The van der Waals surface area contributed by atoms with Gasteiger partial charge in [0.2, 0.25) is 5.88 Å². The van der Waals surface area contributed by atoms with Crippen molar-refractivity contribution < 1.29 is 4.74 Å². The first kappa shape index (κ1) is 9.89. The van der Waals surface area contributed by atoms with Crippen LogP contribution < -0.4 is 10.1 Å². The number of hydrogen-bond acceptors (Lipinski definition) is 3. The molecule has 1 rings (SSSR count). The smallest absolute Gasteiger partial charge is 0.235 e. The molecule has 0 aliphatic carbocycles. The molecule has 74 valence electrons. The van der Waals surface area contributed by atoms with Gasteiger partial charge in [-0.1, -0.05) is 0 Å². The minimum Gasteiger partial charge on any atom is -0.480 e. The maximum atomic E-state index is 5.24. The molecule has 0 bridgehead atoms. The van der Waals surface area contributed by atoms with E-state index < -0.39 is 0 Å². The summed E-state index contributed by atoms with van der Waals surface area (Å²) in [7, 11) is 3.53. The van der Waals surface area contributed by atoms with Crippen LogP contribution in [0.1, 0.15) is 19.5 Å². The van der Waals surface area contributed by atoms with E-state index in [2.05, 4.69) is 24.3 Å². The highest BCUT2D eigenvalue weighted by Gasteiger charge is 2.13. The standard InChI is InChI=1S/C9H17N3O/c1-6(2)10-8-7(3)11-12(4)9(8)13-5/h6,10H,1-5H3. The Bertz CT molecular complexity index is 291. The summed E-state index contributed by atoms with van der Waals surface area (Å²) < 4.78 is 6.97. The number of anilines is 1. The third kappa shape index (κ3) is 1.94. The van der Waals surface area contributed by atoms with Gasteiger partial charge >= 0.3 is 0 Å². The quantitative estimate of drug-likeness (QED) is 0.773.